The molecule has 126 valence electrons. The first kappa shape index (κ1) is 16.2. The first-order valence-corrected chi connectivity index (χ1v) is 10.4. The predicted molar refractivity (Wildman–Crippen MR) is 83.9 cm³/mol. The molecule has 1 atom stereocenters. The van der Waals surface area contributed by atoms with Crippen LogP contribution in [0.2, 0.25) is 0 Å². The van der Waals surface area contributed by atoms with Crippen LogP contribution >= 0.6 is 0 Å². The van der Waals surface area contributed by atoms with E-state index in [0.717, 1.165) is 43.3 Å². The van der Waals surface area contributed by atoms with Crippen molar-refractivity contribution >= 4 is 15.7 Å². The van der Waals surface area contributed by atoms with Gasteiger partial charge in [-0.1, -0.05) is 0 Å². The third-order valence-corrected chi connectivity index (χ3v) is 6.93. The first-order chi connectivity index (χ1) is 10.3. The van der Waals surface area contributed by atoms with Gasteiger partial charge in [-0.2, -0.15) is 0 Å². The molecular formula is C16H27NO4S. The van der Waals surface area contributed by atoms with Crippen molar-refractivity contribution in [3.8, 4) is 0 Å². The van der Waals surface area contributed by atoms with E-state index in [2.05, 4.69) is 5.32 Å². The summed E-state index contributed by atoms with van der Waals surface area (Å²) in [5, 5.41) is 13.4. The van der Waals surface area contributed by atoms with Crippen molar-refractivity contribution < 1.29 is 18.3 Å². The Balaban J connectivity index is 1.52. The number of hydrogen-bond donors (Lipinski definition) is 2. The molecule has 22 heavy (non-hydrogen) atoms. The standard InChI is InChI=1S/C16H27NO4S/c1-22(20,21)3-2-15(19)17-10-14(18)16-7-11-4-12(8-16)6-13(5-11)9-16/h11-14,18H,2-10H2,1H3,(H,17,19). The Bertz CT molecular complexity index is 507. The number of amides is 1. The third kappa shape index (κ3) is 3.48. The quantitative estimate of drug-likeness (QED) is 0.765. The lowest BCUT2D eigenvalue weighted by molar-refractivity contribution is -0.128. The molecule has 1 amide bonds. The van der Waals surface area contributed by atoms with Crippen molar-refractivity contribution in [3.05, 3.63) is 0 Å². The number of carbonyl (C=O) groups excluding carboxylic acids is 1. The van der Waals surface area contributed by atoms with Gasteiger partial charge in [0.1, 0.15) is 9.84 Å². The smallest absolute Gasteiger partial charge is 0.221 e. The minimum Gasteiger partial charge on any atom is -0.391 e. The second kappa shape index (κ2) is 5.78. The second-order valence-electron chi connectivity index (χ2n) is 7.98. The number of hydrogen-bond acceptors (Lipinski definition) is 4. The number of rotatable bonds is 6. The Hall–Kier alpha value is -0.620. The fourth-order valence-corrected chi connectivity index (χ4v) is 5.94. The van der Waals surface area contributed by atoms with E-state index >= 15 is 0 Å². The molecular weight excluding hydrogens is 302 g/mol. The molecule has 0 aliphatic heterocycles. The summed E-state index contributed by atoms with van der Waals surface area (Å²) < 4.78 is 22.1. The highest BCUT2D eigenvalue weighted by atomic mass is 32.2. The lowest BCUT2D eigenvalue weighted by atomic mass is 9.48. The molecule has 6 heteroatoms. The summed E-state index contributed by atoms with van der Waals surface area (Å²) in [5.74, 6) is 1.88. The van der Waals surface area contributed by atoms with Gasteiger partial charge in [0.25, 0.3) is 0 Å². The van der Waals surface area contributed by atoms with Crippen LogP contribution in [0, 0.1) is 23.2 Å². The van der Waals surface area contributed by atoms with Gasteiger partial charge in [0.2, 0.25) is 5.91 Å². The van der Waals surface area contributed by atoms with E-state index in [4.69, 9.17) is 0 Å². The van der Waals surface area contributed by atoms with Crippen molar-refractivity contribution in [3.63, 3.8) is 0 Å². The molecule has 0 aromatic rings. The minimum atomic E-state index is -3.12. The molecule has 2 N–H and O–H groups in total. The molecule has 0 spiro atoms. The molecule has 4 bridgehead atoms. The average Bonchev–Trinajstić information content (AvgIpc) is 2.40. The zero-order valence-electron chi connectivity index (χ0n) is 13.3. The summed E-state index contributed by atoms with van der Waals surface area (Å²) in [6.07, 6.45) is 7.88. The maximum atomic E-state index is 11.7. The van der Waals surface area contributed by atoms with Gasteiger partial charge in [-0.25, -0.2) is 8.42 Å². The van der Waals surface area contributed by atoms with E-state index in [-0.39, 0.29) is 30.0 Å². The fourth-order valence-electron chi connectivity index (χ4n) is 5.38. The number of aliphatic hydroxyl groups excluding tert-OH is 1. The van der Waals surface area contributed by atoms with Crippen LogP contribution < -0.4 is 5.32 Å². The first-order valence-electron chi connectivity index (χ1n) is 8.38. The highest BCUT2D eigenvalue weighted by Crippen LogP contribution is 2.61. The molecule has 0 saturated heterocycles. The summed E-state index contributed by atoms with van der Waals surface area (Å²) in [6.45, 7) is 0.259. The molecule has 4 rings (SSSR count). The lowest BCUT2D eigenvalue weighted by Gasteiger charge is -2.58. The molecule has 4 aliphatic rings. The zero-order chi connectivity index (χ0) is 16.0. The van der Waals surface area contributed by atoms with Crippen LogP contribution in [0.3, 0.4) is 0 Å². The van der Waals surface area contributed by atoms with Crippen molar-refractivity contribution in [1.29, 1.82) is 0 Å². The average molecular weight is 329 g/mol. The Morgan fingerprint density at radius 3 is 2.14 bits per heavy atom. The topological polar surface area (TPSA) is 83.5 Å². The molecule has 4 fully saturated rings. The maximum Gasteiger partial charge on any atom is 0.221 e. The Morgan fingerprint density at radius 2 is 1.68 bits per heavy atom. The Morgan fingerprint density at radius 1 is 1.18 bits per heavy atom. The number of aliphatic hydroxyl groups is 1. The van der Waals surface area contributed by atoms with Crippen molar-refractivity contribution in [1.82, 2.24) is 5.32 Å². The normalized spacial score (nSPS) is 38.0. The zero-order valence-corrected chi connectivity index (χ0v) is 14.1. The molecule has 4 aliphatic carbocycles. The summed E-state index contributed by atoms with van der Waals surface area (Å²) in [6, 6.07) is 0. The summed E-state index contributed by atoms with van der Waals surface area (Å²) in [5.41, 5.74) is -0.00113. The van der Waals surface area contributed by atoms with Crippen LogP contribution in [0.4, 0.5) is 0 Å². The predicted octanol–water partition coefficient (Wildman–Crippen LogP) is 1.11. The van der Waals surface area contributed by atoms with E-state index in [1.807, 2.05) is 0 Å². The highest BCUT2D eigenvalue weighted by molar-refractivity contribution is 7.90. The molecule has 0 radical (unpaired) electrons. The van der Waals surface area contributed by atoms with Gasteiger partial charge in [0.15, 0.2) is 0 Å². The third-order valence-electron chi connectivity index (χ3n) is 5.98. The molecule has 4 saturated carbocycles. The van der Waals surface area contributed by atoms with E-state index < -0.39 is 15.9 Å². The van der Waals surface area contributed by atoms with Gasteiger partial charge in [-0.15, -0.1) is 0 Å². The Labute approximate surface area is 132 Å². The molecule has 0 aromatic carbocycles. The number of carbonyl (C=O) groups is 1. The van der Waals surface area contributed by atoms with Crippen LogP contribution in [-0.4, -0.2) is 44.1 Å². The molecule has 0 heterocycles. The van der Waals surface area contributed by atoms with Gasteiger partial charge in [-0.3, -0.25) is 4.79 Å². The van der Waals surface area contributed by atoms with Gasteiger partial charge >= 0.3 is 0 Å². The summed E-state index contributed by atoms with van der Waals surface area (Å²) in [7, 11) is -3.12. The van der Waals surface area contributed by atoms with E-state index in [9.17, 15) is 18.3 Å². The van der Waals surface area contributed by atoms with Crippen LogP contribution in [0.5, 0.6) is 0 Å². The van der Waals surface area contributed by atoms with Gasteiger partial charge in [-0.05, 0) is 61.7 Å². The SMILES string of the molecule is CS(=O)(=O)CCC(=O)NCC(O)C12CC3CC(CC(C3)C1)C2. The van der Waals surface area contributed by atoms with Crippen LogP contribution in [0.15, 0.2) is 0 Å². The lowest BCUT2D eigenvalue weighted by Crippen LogP contribution is -2.54. The van der Waals surface area contributed by atoms with E-state index in [1.54, 1.807) is 0 Å². The maximum absolute atomic E-state index is 11.7. The molecule has 5 nitrogen and oxygen atoms in total. The van der Waals surface area contributed by atoms with Crippen molar-refractivity contribution in [2.45, 2.75) is 51.0 Å². The monoisotopic (exact) mass is 329 g/mol. The summed E-state index contributed by atoms with van der Waals surface area (Å²) in [4.78, 5) is 11.7. The van der Waals surface area contributed by atoms with Crippen molar-refractivity contribution in [2.75, 3.05) is 18.6 Å². The van der Waals surface area contributed by atoms with Crippen LogP contribution in [0.1, 0.15) is 44.9 Å². The largest absolute Gasteiger partial charge is 0.391 e. The van der Waals surface area contributed by atoms with Gasteiger partial charge < -0.3 is 10.4 Å². The van der Waals surface area contributed by atoms with E-state index in [1.165, 1.54) is 19.3 Å². The van der Waals surface area contributed by atoms with Crippen LogP contribution in [0.25, 0.3) is 0 Å². The molecule has 0 aromatic heterocycles. The summed E-state index contributed by atoms with van der Waals surface area (Å²) >= 11 is 0. The second-order valence-corrected chi connectivity index (χ2v) is 10.2. The minimum absolute atomic E-state index is 0.00113. The van der Waals surface area contributed by atoms with Gasteiger partial charge in [0.05, 0.1) is 11.9 Å². The number of nitrogens with one attached hydrogen (secondary N) is 1. The number of sulfone groups is 1. The van der Waals surface area contributed by atoms with Crippen LogP contribution in [-0.2, 0) is 14.6 Å². The Kier molecular flexibility index (Phi) is 4.27. The fraction of sp³-hybridized carbons (Fsp3) is 0.938. The van der Waals surface area contributed by atoms with Crippen molar-refractivity contribution in [2.24, 2.45) is 23.2 Å². The van der Waals surface area contributed by atoms with E-state index in [0.29, 0.717) is 0 Å². The van der Waals surface area contributed by atoms with Gasteiger partial charge in [0, 0.05) is 19.2 Å². The highest BCUT2D eigenvalue weighted by Gasteiger charge is 2.53. The molecule has 1 unspecified atom stereocenters.